The van der Waals surface area contributed by atoms with Crippen LogP contribution in [-0.4, -0.2) is 32.4 Å². The second-order valence-corrected chi connectivity index (χ2v) is 5.56. The fraction of sp³-hybridized carbons (Fsp3) is 0.364. The number of sulfonamides is 1. The van der Waals surface area contributed by atoms with Crippen molar-refractivity contribution >= 4 is 16.0 Å². The average Bonchev–Trinajstić information content (AvgIpc) is 2.35. The number of hydrogen-bond acceptors (Lipinski definition) is 4. The predicted octanol–water partition coefficient (Wildman–Crippen LogP) is 0.589. The van der Waals surface area contributed by atoms with E-state index in [9.17, 15) is 13.2 Å². The molecule has 1 rings (SSSR count). The number of rotatable bonds is 7. The molecule has 0 aliphatic heterocycles. The van der Waals surface area contributed by atoms with Crippen LogP contribution in [0.4, 0.5) is 0 Å². The standard InChI is InChI=1S/C11H15NO5S/c1-17-10-4-2-9(3-5-10)8-12-18(15,16)7-6-11(13)14/h2-5,12H,6-8H2,1H3,(H,13,14). The summed E-state index contributed by atoms with van der Waals surface area (Å²) < 4.78 is 30.2. The molecule has 0 spiro atoms. The maximum absolute atomic E-state index is 11.4. The van der Waals surface area contributed by atoms with Gasteiger partial charge in [0.05, 0.1) is 19.3 Å². The summed E-state index contributed by atoms with van der Waals surface area (Å²) in [6, 6.07) is 6.92. The number of methoxy groups -OCH3 is 1. The maximum atomic E-state index is 11.4. The molecule has 7 heteroatoms. The molecule has 0 unspecified atom stereocenters. The van der Waals surface area contributed by atoms with Gasteiger partial charge in [-0.2, -0.15) is 0 Å². The highest BCUT2D eigenvalue weighted by atomic mass is 32.2. The van der Waals surface area contributed by atoms with Crippen LogP contribution in [0.3, 0.4) is 0 Å². The number of hydrogen-bond donors (Lipinski definition) is 2. The first-order valence-corrected chi connectivity index (χ1v) is 6.90. The lowest BCUT2D eigenvalue weighted by Gasteiger charge is -2.06. The molecule has 1 aromatic carbocycles. The zero-order valence-corrected chi connectivity index (χ0v) is 10.7. The fourth-order valence-electron chi connectivity index (χ4n) is 1.23. The molecule has 1 aromatic rings. The Morgan fingerprint density at radius 1 is 1.33 bits per heavy atom. The second kappa shape index (κ2) is 6.36. The Kier molecular flexibility index (Phi) is 5.11. The highest BCUT2D eigenvalue weighted by Gasteiger charge is 2.12. The highest BCUT2D eigenvalue weighted by Crippen LogP contribution is 2.11. The molecule has 0 aliphatic rings. The van der Waals surface area contributed by atoms with Crippen LogP contribution < -0.4 is 9.46 Å². The SMILES string of the molecule is COc1ccc(CNS(=O)(=O)CCC(=O)O)cc1. The van der Waals surface area contributed by atoms with E-state index in [0.717, 1.165) is 5.56 Å². The third-order valence-electron chi connectivity index (χ3n) is 2.24. The predicted molar refractivity (Wildman–Crippen MR) is 65.9 cm³/mol. The van der Waals surface area contributed by atoms with Gasteiger partial charge in [-0.1, -0.05) is 12.1 Å². The lowest BCUT2D eigenvalue weighted by Crippen LogP contribution is -2.27. The molecular formula is C11H15NO5S. The van der Waals surface area contributed by atoms with E-state index >= 15 is 0 Å². The van der Waals surface area contributed by atoms with Gasteiger partial charge in [-0.15, -0.1) is 0 Å². The van der Waals surface area contributed by atoms with Crippen molar-refractivity contribution in [3.05, 3.63) is 29.8 Å². The number of benzene rings is 1. The minimum absolute atomic E-state index is 0.131. The summed E-state index contributed by atoms with van der Waals surface area (Å²) in [6.45, 7) is 0.131. The zero-order chi connectivity index (χ0) is 13.6. The Morgan fingerprint density at radius 3 is 2.44 bits per heavy atom. The Bertz CT molecular complexity index is 495. The van der Waals surface area contributed by atoms with Crippen molar-refractivity contribution < 1.29 is 23.1 Å². The number of carboxylic acid groups (broad SMARTS) is 1. The smallest absolute Gasteiger partial charge is 0.304 e. The van der Waals surface area contributed by atoms with Crippen LogP contribution in [-0.2, 0) is 21.4 Å². The minimum Gasteiger partial charge on any atom is -0.497 e. The maximum Gasteiger partial charge on any atom is 0.304 e. The van der Waals surface area contributed by atoms with Gasteiger partial charge in [0.2, 0.25) is 10.0 Å². The van der Waals surface area contributed by atoms with Crippen molar-refractivity contribution in [3.63, 3.8) is 0 Å². The van der Waals surface area contributed by atoms with E-state index in [0.29, 0.717) is 5.75 Å². The molecule has 0 aromatic heterocycles. The normalized spacial score (nSPS) is 11.2. The third-order valence-corrected chi connectivity index (χ3v) is 3.57. The molecule has 100 valence electrons. The number of ether oxygens (including phenoxy) is 1. The van der Waals surface area contributed by atoms with Crippen LogP contribution in [0.5, 0.6) is 5.75 Å². The van der Waals surface area contributed by atoms with Gasteiger partial charge in [-0.25, -0.2) is 13.1 Å². The summed E-state index contributed by atoms with van der Waals surface area (Å²) in [5.41, 5.74) is 0.773. The van der Waals surface area contributed by atoms with Crippen molar-refractivity contribution in [1.82, 2.24) is 4.72 Å². The van der Waals surface area contributed by atoms with Crippen LogP contribution in [0.25, 0.3) is 0 Å². The molecule has 0 fully saturated rings. The topological polar surface area (TPSA) is 92.7 Å². The average molecular weight is 273 g/mol. The van der Waals surface area contributed by atoms with E-state index in [1.165, 1.54) is 0 Å². The van der Waals surface area contributed by atoms with E-state index in [-0.39, 0.29) is 6.54 Å². The van der Waals surface area contributed by atoms with Gasteiger partial charge in [0.25, 0.3) is 0 Å². The summed E-state index contributed by atoms with van der Waals surface area (Å²) in [5, 5.41) is 8.41. The third kappa shape index (κ3) is 5.15. The lowest BCUT2D eigenvalue weighted by atomic mass is 10.2. The van der Waals surface area contributed by atoms with Gasteiger partial charge in [0.15, 0.2) is 0 Å². The van der Waals surface area contributed by atoms with Crippen molar-refractivity contribution in [2.45, 2.75) is 13.0 Å². The van der Waals surface area contributed by atoms with Crippen LogP contribution in [0.15, 0.2) is 24.3 Å². The zero-order valence-electron chi connectivity index (χ0n) is 9.92. The van der Waals surface area contributed by atoms with Crippen LogP contribution in [0.1, 0.15) is 12.0 Å². The van der Waals surface area contributed by atoms with Crippen LogP contribution in [0, 0.1) is 0 Å². The minimum atomic E-state index is -3.55. The van der Waals surface area contributed by atoms with Gasteiger partial charge in [0.1, 0.15) is 5.75 Å². The van der Waals surface area contributed by atoms with E-state index in [4.69, 9.17) is 9.84 Å². The Balaban J connectivity index is 2.50. The molecule has 0 radical (unpaired) electrons. The first kappa shape index (κ1) is 14.5. The van der Waals surface area contributed by atoms with E-state index < -0.39 is 28.2 Å². The monoisotopic (exact) mass is 273 g/mol. The van der Waals surface area contributed by atoms with Crippen molar-refractivity contribution in [1.29, 1.82) is 0 Å². The Hall–Kier alpha value is -1.60. The molecule has 0 bridgehead atoms. The van der Waals surface area contributed by atoms with Gasteiger partial charge in [0, 0.05) is 6.54 Å². The quantitative estimate of drug-likeness (QED) is 0.758. The summed E-state index contributed by atoms with van der Waals surface area (Å²) in [4.78, 5) is 10.3. The van der Waals surface area contributed by atoms with Gasteiger partial charge < -0.3 is 9.84 Å². The highest BCUT2D eigenvalue weighted by molar-refractivity contribution is 7.89. The van der Waals surface area contributed by atoms with Gasteiger partial charge in [-0.3, -0.25) is 4.79 Å². The first-order chi connectivity index (χ1) is 8.43. The van der Waals surface area contributed by atoms with Crippen molar-refractivity contribution in [2.75, 3.05) is 12.9 Å². The summed E-state index contributed by atoms with van der Waals surface area (Å²) in [6.07, 6.45) is -0.405. The summed E-state index contributed by atoms with van der Waals surface area (Å²) >= 11 is 0. The number of aliphatic carboxylic acids is 1. The van der Waals surface area contributed by atoms with Crippen LogP contribution >= 0.6 is 0 Å². The van der Waals surface area contributed by atoms with E-state index in [1.54, 1.807) is 31.4 Å². The summed E-state index contributed by atoms with van der Waals surface area (Å²) in [5.74, 6) is -0.865. The lowest BCUT2D eigenvalue weighted by molar-refractivity contribution is -0.136. The molecule has 0 amide bonds. The molecule has 0 saturated carbocycles. The Morgan fingerprint density at radius 2 is 1.94 bits per heavy atom. The van der Waals surface area contributed by atoms with E-state index in [2.05, 4.69) is 4.72 Å². The Labute approximate surface area is 106 Å². The molecule has 18 heavy (non-hydrogen) atoms. The molecule has 0 aliphatic carbocycles. The molecule has 6 nitrogen and oxygen atoms in total. The number of carboxylic acids is 1. The van der Waals surface area contributed by atoms with Gasteiger partial charge >= 0.3 is 5.97 Å². The molecule has 2 N–H and O–H groups in total. The molecule has 0 atom stereocenters. The first-order valence-electron chi connectivity index (χ1n) is 5.25. The number of nitrogens with one attached hydrogen (secondary N) is 1. The second-order valence-electron chi connectivity index (χ2n) is 3.63. The molecule has 0 saturated heterocycles. The molecular weight excluding hydrogens is 258 g/mol. The van der Waals surface area contributed by atoms with Crippen LogP contribution in [0.2, 0.25) is 0 Å². The van der Waals surface area contributed by atoms with Crippen molar-refractivity contribution in [3.8, 4) is 5.75 Å². The van der Waals surface area contributed by atoms with E-state index in [1.807, 2.05) is 0 Å². The fourth-order valence-corrected chi connectivity index (χ4v) is 2.20. The van der Waals surface area contributed by atoms with Crippen molar-refractivity contribution in [2.24, 2.45) is 0 Å². The summed E-state index contributed by atoms with van der Waals surface area (Å²) in [7, 11) is -2.01. The van der Waals surface area contributed by atoms with Gasteiger partial charge in [-0.05, 0) is 17.7 Å². The molecule has 0 heterocycles. The number of carbonyl (C=O) groups is 1. The largest absolute Gasteiger partial charge is 0.497 e.